The van der Waals surface area contributed by atoms with E-state index in [1.165, 1.54) is 18.2 Å². The van der Waals surface area contributed by atoms with E-state index in [9.17, 15) is 23.2 Å². The second-order valence-corrected chi connectivity index (χ2v) is 5.89. The van der Waals surface area contributed by atoms with Gasteiger partial charge in [-0.3, -0.25) is 9.59 Å². The number of carbonyl (C=O) groups excluding carboxylic acids is 3. The molecule has 2 amide bonds. The Labute approximate surface area is 163 Å². The van der Waals surface area contributed by atoms with E-state index in [2.05, 4.69) is 10.6 Å². The van der Waals surface area contributed by atoms with E-state index in [1.807, 2.05) is 0 Å². The number of halogens is 2. The van der Waals surface area contributed by atoms with Crippen molar-refractivity contribution in [1.82, 2.24) is 5.32 Å². The topological polar surface area (TPSA) is 103 Å². The first-order valence-corrected chi connectivity index (χ1v) is 8.51. The van der Waals surface area contributed by atoms with Crippen molar-refractivity contribution in [3.63, 3.8) is 0 Å². The average Bonchev–Trinajstić information content (AvgIpc) is 2.72. The Hall–Kier alpha value is -3.69. The smallest absolute Gasteiger partial charge is 0.338 e. The fourth-order valence-electron chi connectivity index (χ4n) is 2.39. The zero-order valence-electron chi connectivity index (χ0n) is 15.0. The molecule has 0 atom stereocenters. The summed E-state index contributed by atoms with van der Waals surface area (Å²) in [5, 5.41) is 4.54. The number of rotatable bonds is 6. The quantitative estimate of drug-likeness (QED) is 0.708. The van der Waals surface area contributed by atoms with E-state index in [0.717, 1.165) is 12.1 Å². The van der Waals surface area contributed by atoms with Crippen LogP contribution in [0.15, 0.2) is 36.4 Å². The summed E-state index contributed by atoms with van der Waals surface area (Å²) in [4.78, 5) is 35.5. The van der Waals surface area contributed by atoms with Crippen molar-refractivity contribution in [2.75, 3.05) is 31.7 Å². The molecule has 0 saturated carbocycles. The van der Waals surface area contributed by atoms with Crippen molar-refractivity contribution in [1.29, 1.82) is 0 Å². The van der Waals surface area contributed by atoms with Crippen LogP contribution < -0.4 is 20.1 Å². The standard InChI is InChI=1S/C19H16F2N2O6/c20-13-3-2-12(8-14(13)21)23-17(24)9-22-18(25)10-29-19(26)11-1-4-15-16(7-11)28-6-5-27-15/h1-4,7-8H,5-6,9-10H2,(H,22,25)(H,23,24). The largest absolute Gasteiger partial charge is 0.486 e. The van der Waals surface area contributed by atoms with Crippen molar-refractivity contribution in [2.45, 2.75) is 0 Å². The van der Waals surface area contributed by atoms with Gasteiger partial charge in [-0.1, -0.05) is 0 Å². The Kier molecular flexibility index (Phi) is 6.22. The lowest BCUT2D eigenvalue weighted by molar-refractivity contribution is -0.126. The molecule has 8 nitrogen and oxygen atoms in total. The molecule has 0 bridgehead atoms. The van der Waals surface area contributed by atoms with Crippen molar-refractivity contribution in [2.24, 2.45) is 0 Å². The van der Waals surface area contributed by atoms with Crippen LogP contribution in [0.1, 0.15) is 10.4 Å². The van der Waals surface area contributed by atoms with E-state index in [-0.39, 0.29) is 11.3 Å². The molecule has 1 aliphatic heterocycles. The number of carbonyl (C=O) groups is 3. The van der Waals surface area contributed by atoms with Crippen LogP contribution in [-0.4, -0.2) is 44.1 Å². The van der Waals surface area contributed by atoms with E-state index in [0.29, 0.717) is 24.7 Å². The van der Waals surface area contributed by atoms with Crippen molar-refractivity contribution >= 4 is 23.5 Å². The van der Waals surface area contributed by atoms with Gasteiger partial charge < -0.3 is 24.8 Å². The number of amides is 2. The molecule has 2 aromatic rings. The Morgan fingerprint density at radius 3 is 2.45 bits per heavy atom. The first-order chi connectivity index (χ1) is 13.9. The Bertz CT molecular complexity index is 950. The average molecular weight is 406 g/mol. The first kappa shape index (κ1) is 20.1. The van der Waals surface area contributed by atoms with Crippen LogP contribution in [0, 0.1) is 11.6 Å². The number of nitrogens with one attached hydrogen (secondary N) is 2. The normalized spacial score (nSPS) is 12.1. The highest BCUT2D eigenvalue weighted by atomic mass is 19.2. The maximum atomic E-state index is 13.1. The third-order valence-electron chi connectivity index (χ3n) is 3.76. The minimum absolute atomic E-state index is 0.0354. The van der Waals surface area contributed by atoms with E-state index < -0.39 is 42.6 Å². The number of hydrogen-bond acceptors (Lipinski definition) is 6. The zero-order valence-corrected chi connectivity index (χ0v) is 15.0. The molecule has 152 valence electrons. The molecule has 0 fully saturated rings. The number of fused-ring (bicyclic) bond motifs is 1. The number of esters is 1. The van der Waals surface area contributed by atoms with Crippen LogP contribution in [0.5, 0.6) is 11.5 Å². The molecule has 2 N–H and O–H groups in total. The summed E-state index contributed by atoms with van der Waals surface area (Å²) < 4.78 is 41.5. The van der Waals surface area contributed by atoms with Crippen molar-refractivity contribution in [3.05, 3.63) is 53.6 Å². The summed E-state index contributed by atoms with van der Waals surface area (Å²) in [6.45, 7) is -0.272. The third kappa shape index (κ3) is 5.41. The van der Waals surface area contributed by atoms with Gasteiger partial charge in [0, 0.05) is 11.8 Å². The molecule has 1 aliphatic rings. The molecule has 0 aromatic heterocycles. The predicted molar refractivity (Wildman–Crippen MR) is 95.7 cm³/mol. The number of benzene rings is 2. The molecule has 3 rings (SSSR count). The minimum atomic E-state index is -1.11. The molecule has 0 radical (unpaired) electrons. The first-order valence-electron chi connectivity index (χ1n) is 8.51. The second-order valence-electron chi connectivity index (χ2n) is 5.89. The predicted octanol–water partition coefficient (Wildman–Crippen LogP) is 1.65. The van der Waals surface area contributed by atoms with Gasteiger partial charge >= 0.3 is 5.97 Å². The van der Waals surface area contributed by atoms with Gasteiger partial charge in [0.1, 0.15) is 13.2 Å². The monoisotopic (exact) mass is 406 g/mol. The summed E-state index contributed by atoms with van der Waals surface area (Å²) in [5.41, 5.74) is 0.214. The van der Waals surface area contributed by atoms with Gasteiger partial charge in [0.2, 0.25) is 5.91 Å². The molecule has 10 heteroatoms. The SMILES string of the molecule is O=C(COC(=O)c1ccc2c(c1)OCCO2)NCC(=O)Nc1ccc(F)c(F)c1. The van der Waals surface area contributed by atoms with Gasteiger partial charge in [0.25, 0.3) is 5.91 Å². The van der Waals surface area contributed by atoms with Crippen molar-refractivity contribution in [3.8, 4) is 11.5 Å². The lowest BCUT2D eigenvalue weighted by Gasteiger charge is -2.18. The lowest BCUT2D eigenvalue weighted by Crippen LogP contribution is -2.35. The summed E-state index contributed by atoms with van der Waals surface area (Å²) >= 11 is 0. The van der Waals surface area contributed by atoms with Crippen LogP contribution in [0.4, 0.5) is 14.5 Å². The molecule has 2 aromatic carbocycles. The van der Waals surface area contributed by atoms with Crippen molar-refractivity contribution < 1.29 is 37.4 Å². The summed E-state index contributed by atoms with van der Waals surface area (Å²) in [5.74, 6) is -3.36. The highest BCUT2D eigenvalue weighted by molar-refractivity contribution is 5.95. The number of hydrogen-bond donors (Lipinski definition) is 2. The summed E-state index contributed by atoms with van der Waals surface area (Å²) in [6.07, 6.45) is 0. The maximum absolute atomic E-state index is 13.1. The number of anilines is 1. The number of ether oxygens (including phenoxy) is 3. The van der Waals surface area contributed by atoms with Gasteiger partial charge in [-0.2, -0.15) is 0 Å². The molecule has 29 heavy (non-hydrogen) atoms. The van der Waals surface area contributed by atoms with Crippen LogP contribution in [0.25, 0.3) is 0 Å². The van der Waals surface area contributed by atoms with E-state index in [1.54, 1.807) is 6.07 Å². The second kappa shape index (κ2) is 9.00. The Morgan fingerprint density at radius 1 is 0.931 bits per heavy atom. The Balaban J connectivity index is 1.43. The summed E-state index contributed by atoms with van der Waals surface area (Å²) in [6, 6.07) is 7.33. The maximum Gasteiger partial charge on any atom is 0.338 e. The van der Waals surface area contributed by atoms with Crippen LogP contribution in [0.2, 0.25) is 0 Å². The van der Waals surface area contributed by atoms with E-state index >= 15 is 0 Å². The van der Waals surface area contributed by atoms with Gasteiger partial charge in [-0.25, -0.2) is 13.6 Å². The Morgan fingerprint density at radius 2 is 1.69 bits per heavy atom. The fraction of sp³-hybridized carbons (Fsp3) is 0.211. The zero-order chi connectivity index (χ0) is 20.8. The molecular formula is C19H16F2N2O6. The van der Waals surface area contributed by atoms with Crippen LogP contribution in [0.3, 0.4) is 0 Å². The molecule has 0 aliphatic carbocycles. The summed E-state index contributed by atoms with van der Waals surface area (Å²) in [7, 11) is 0. The highest BCUT2D eigenvalue weighted by Crippen LogP contribution is 2.30. The van der Waals surface area contributed by atoms with Gasteiger partial charge in [0.05, 0.1) is 12.1 Å². The fourth-order valence-corrected chi connectivity index (χ4v) is 2.39. The van der Waals surface area contributed by atoms with E-state index in [4.69, 9.17) is 14.2 Å². The molecular weight excluding hydrogens is 390 g/mol. The van der Waals surface area contributed by atoms with Gasteiger partial charge in [-0.05, 0) is 30.3 Å². The molecule has 0 saturated heterocycles. The minimum Gasteiger partial charge on any atom is -0.486 e. The van der Waals surface area contributed by atoms with Crippen LogP contribution >= 0.6 is 0 Å². The lowest BCUT2D eigenvalue weighted by atomic mass is 10.2. The van der Waals surface area contributed by atoms with Gasteiger partial charge in [0.15, 0.2) is 29.7 Å². The van der Waals surface area contributed by atoms with Gasteiger partial charge in [-0.15, -0.1) is 0 Å². The molecule has 0 unspecified atom stereocenters. The molecule has 1 heterocycles. The van der Waals surface area contributed by atoms with Crippen LogP contribution in [-0.2, 0) is 14.3 Å². The third-order valence-corrected chi connectivity index (χ3v) is 3.76. The highest BCUT2D eigenvalue weighted by Gasteiger charge is 2.17. The molecule has 0 spiro atoms.